The number of aryl methyl sites for hydroxylation is 1. The smallest absolute Gasteiger partial charge is 0.191 e. The minimum Gasteiger partial charge on any atom is -0.486 e. The van der Waals surface area contributed by atoms with Crippen LogP contribution in [0.3, 0.4) is 0 Å². The molecule has 2 rings (SSSR count). The van der Waals surface area contributed by atoms with Crippen LogP contribution in [-0.4, -0.2) is 30.1 Å². The first-order valence-corrected chi connectivity index (χ1v) is 8.44. The van der Waals surface area contributed by atoms with Crippen molar-refractivity contribution in [3.63, 3.8) is 0 Å². The highest BCUT2D eigenvalue weighted by atomic mass is 127. The molecule has 2 N–H and O–H groups in total. The molecule has 0 aliphatic heterocycles. The van der Waals surface area contributed by atoms with Crippen LogP contribution in [0.5, 0.6) is 5.75 Å². The third-order valence-electron chi connectivity index (χ3n) is 3.41. The number of guanidine groups is 1. The van der Waals surface area contributed by atoms with E-state index in [1.807, 2.05) is 39.0 Å². The molecule has 1 aromatic heterocycles. The van der Waals surface area contributed by atoms with Crippen molar-refractivity contribution in [3.05, 3.63) is 59.7 Å². The van der Waals surface area contributed by atoms with Crippen molar-refractivity contribution in [2.24, 2.45) is 4.99 Å². The van der Waals surface area contributed by atoms with Gasteiger partial charge in [0.2, 0.25) is 0 Å². The Bertz CT molecular complexity index is 711. The summed E-state index contributed by atoms with van der Waals surface area (Å²) in [7, 11) is 0. The minimum atomic E-state index is -0.361. The second-order valence-corrected chi connectivity index (χ2v) is 5.71. The molecule has 1 heterocycles. The Morgan fingerprint density at radius 1 is 1.19 bits per heavy atom. The van der Waals surface area contributed by atoms with Gasteiger partial charge in [-0.1, -0.05) is 18.2 Å². The number of aliphatic imine (C=N–C) groups is 1. The first kappa shape index (κ1) is 22.1. The monoisotopic (exact) mass is 472 g/mol. The van der Waals surface area contributed by atoms with Crippen LogP contribution in [0.1, 0.15) is 25.2 Å². The van der Waals surface area contributed by atoms with E-state index in [1.165, 1.54) is 6.07 Å². The van der Waals surface area contributed by atoms with Crippen molar-refractivity contribution in [2.75, 3.05) is 13.1 Å². The van der Waals surface area contributed by atoms with E-state index in [1.54, 1.807) is 18.2 Å². The maximum absolute atomic E-state index is 13.6. The highest BCUT2D eigenvalue weighted by Gasteiger charge is 2.09. The van der Waals surface area contributed by atoms with Gasteiger partial charge in [-0.15, -0.1) is 24.0 Å². The molecule has 0 spiro atoms. The van der Waals surface area contributed by atoms with Crippen molar-refractivity contribution in [3.8, 4) is 5.75 Å². The molecular weight excluding hydrogens is 446 g/mol. The van der Waals surface area contributed by atoms with Crippen LogP contribution in [-0.2, 0) is 6.54 Å². The maximum Gasteiger partial charge on any atom is 0.191 e. The predicted octanol–water partition coefficient (Wildman–Crippen LogP) is 3.67. The highest BCUT2D eigenvalue weighted by Crippen LogP contribution is 2.16. The van der Waals surface area contributed by atoms with Crippen LogP contribution >= 0.6 is 24.0 Å². The van der Waals surface area contributed by atoms with E-state index in [2.05, 4.69) is 20.6 Å². The van der Waals surface area contributed by atoms with E-state index >= 15 is 0 Å². The van der Waals surface area contributed by atoms with Crippen molar-refractivity contribution in [1.29, 1.82) is 0 Å². The zero-order chi connectivity index (χ0) is 18.1. The zero-order valence-corrected chi connectivity index (χ0v) is 17.7. The van der Waals surface area contributed by atoms with E-state index in [0.29, 0.717) is 19.0 Å². The van der Waals surface area contributed by atoms with Crippen LogP contribution < -0.4 is 15.4 Å². The number of pyridine rings is 1. The Balaban J connectivity index is 0.00000338. The topological polar surface area (TPSA) is 58.5 Å². The third-order valence-corrected chi connectivity index (χ3v) is 3.41. The molecule has 142 valence electrons. The third kappa shape index (κ3) is 7.55. The lowest BCUT2D eigenvalue weighted by molar-refractivity contribution is 0.214. The molecule has 0 saturated heterocycles. The molecule has 0 bridgehead atoms. The summed E-state index contributed by atoms with van der Waals surface area (Å²) in [6.45, 7) is 7.57. The molecule has 5 nitrogen and oxygen atoms in total. The number of rotatable bonds is 7. The molecule has 7 heteroatoms. The summed E-state index contributed by atoms with van der Waals surface area (Å²) >= 11 is 0. The van der Waals surface area contributed by atoms with Gasteiger partial charge in [0.1, 0.15) is 6.10 Å². The summed E-state index contributed by atoms with van der Waals surface area (Å²) in [6.07, 6.45) is -0.210. The van der Waals surface area contributed by atoms with Gasteiger partial charge in [-0.05, 0) is 45.0 Å². The summed E-state index contributed by atoms with van der Waals surface area (Å²) in [5, 5.41) is 6.39. The lowest BCUT2D eigenvalue weighted by Crippen LogP contribution is -2.41. The fourth-order valence-corrected chi connectivity index (χ4v) is 2.23. The number of para-hydroxylation sites is 1. The molecule has 26 heavy (non-hydrogen) atoms. The lowest BCUT2D eigenvalue weighted by Gasteiger charge is -2.18. The van der Waals surface area contributed by atoms with Crippen molar-refractivity contribution >= 4 is 29.9 Å². The van der Waals surface area contributed by atoms with E-state index in [4.69, 9.17) is 4.74 Å². The Morgan fingerprint density at radius 2 is 1.96 bits per heavy atom. The molecule has 1 atom stereocenters. The van der Waals surface area contributed by atoms with Gasteiger partial charge in [-0.2, -0.15) is 0 Å². The normalized spacial score (nSPS) is 12.1. The van der Waals surface area contributed by atoms with Crippen LogP contribution in [0.25, 0.3) is 0 Å². The SMILES string of the molecule is CCNC(=NCc1cccc(C)n1)NCC(C)Oc1ccccc1F.I. The molecule has 0 radical (unpaired) electrons. The molecule has 0 aliphatic rings. The van der Waals surface area contributed by atoms with E-state index in [0.717, 1.165) is 17.9 Å². The average molecular weight is 472 g/mol. The molecular formula is C19H26FIN4O. The summed E-state index contributed by atoms with van der Waals surface area (Å²) in [4.78, 5) is 8.96. The largest absolute Gasteiger partial charge is 0.486 e. The number of benzene rings is 1. The quantitative estimate of drug-likeness (QED) is 0.367. The molecule has 0 fully saturated rings. The predicted molar refractivity (Wildman–Crippen MR) is 114 cm³/mol. The highest BCUT2D eigenvalue weighted by molar-refractivity contribution is 14.0. The molecule has 0 amide bonds. The number of nitrogens with zero attached hydrogens (tertiary/aromatic N) is 2. The van der Waals surface area contributed by atoms with Crippen LogP contribution in [0.15, 0.2) is 47.5 Å². The van der Waals surface area contributed by atoms with Crippen molar-refractivity contribution < 1.29 is 9.13 Å². The minimum absolute atomic E-state index is 0. The first-order chi connectivity index (χ1) is 12.1. The maximum atomic E-state index is 13.6. The van der Waals surface area contributed by atoms with Gasteiger partial charge in [0, 0.05) is 12.2 Å². The van der Waals surface area contributed by atoms with Crippen molar-refractivity contribution in [1.82, 2.24) is 15.6 Å². The van der Waals surface area contributed by atoms with Crippen LogP contribution in [0.4, 0.5) is 4.39 Å². The van der Waals surface area contributed by atoms with Gasteiger partial charge in [0.05, 0.1) is 18.8 Å². The van der Waals surface area contributed by atoms with E-state index in [-0.39, 0.29) is 41.6 Å². The lowest BCUT2D eigenvalue weighted by atomic mass is 10.3. The van der Waals surface area contributed by atoms with Crippen LogP contribution in [0.2, 0.25) is 0 Å². The van der Waals surface area contributed by atoms with E-state index in [9.17, 15) is 4.39 Å². The summed E-state index contributed by atoms with van der Waals surface area (Å²) in [5.41, 5.74) is 1.88. The zero-order valence-electron chi connectivity index (χ0n) is 15.3. The first-order valence-electron chi connectivity index (χ1n) is 8.44. The fraction of sp³-hybridized carbons (Fsp3) is 0.368. The number of aromatic nitrogens is 1. The Hall–Kier alpha value is -1.90. The number of ether oxygens (including phenoxy) is 1. The number of hydrogen-bond donors (Lipinski definition) is 2. The molecule has 2 aromatic rings. The van der Waals surface area contributed by atoms with Gasteiger partial charge in [0.15, 0.2) is 17.5 Å². The van der Waals surface area contributed by atoms with Crippen LogP contribution in [0, 0.1) is 12.7 Å². The van der Waals surface area contributed by atoms with Gasteiger partial charge < -0.3 is 15.4 Å². The van der Waals surface area contributed by atoms with Gasteiger partial charge in [-0.25, -0.2) is 9.38 Å². The van der Waals surface area contributed by atoms with Gasteiger partial charge >= 0.3 is 0 Å². The van der Waals surface area contributed by atoms with Gasteiger partial charge in [0.25, 0.3) is 0 Å². The Labute approximate surface area is 171 Å². The fourth-order valence-electron chi connectivity index (χ4n) is 2.23. The summed E-state index contributed by atoms with van der Waals surface area (Å²) in [6, 6.07) is 12.3. The second-order valence-electron chi connectivity index (χ2n) is 5.71. The molecule has 1 unspecified atom stereocenters. The number of nitrogens with one attached hydrogen (secondary N) is 2. The van der Waals surface area contributed by atoms with Crippen molar-refractivity contribution in [2.45, 2.75) is 33.4 Å². The van der Waals surface area contributed by atoms with Gasteiger partial charge in [-0.3, -0.25) is 4.98 Å². The Kier molecular flexibility index (Phi) is 9.93. The summed E-state index contributed by atoms with van der Waals surface area (Å²) in [5.74, 6) is 0.568. The average Bonchev–Trinajstić information content (AvgIpc) is 2.59. The molecule has 0 saturated carbocycles. The molecule has 0 aliphatic carbocycles. The number of hydrogen-bond acceptors (Lipinski definition) is 3. The van der Waals surface area contributed by atoms with E-state index < -0.39 is 0 Å². The molecule has 1 aromatic carbocycles. The number of halogens is 2. The second kappa shape index (κ2) is 11.7. The Morgan fingerprint density at radius 3 is 2.65 bits per heavy atom. The summed E-state index contributed by atoms with van der Waals surface area (Å²) < 4.78 is 19.2. The standard InChI is InChI=1S/C19H25FN4O.HI/c1-4-21-19(23-13-16-9-7-8-14(2)24-16)22-12-15(3)25-18-11-6-5-10-17(18)20;/h5-11,15H,4,12-13H2,1-3H3,(H2,21,22,23);1H.